The van der Waals surface area contributed by atoms with E-state index in [4.69, 9.17) is 10.5 Å². The van der Waals surface area contributed by atoms with E-state index in [0.717, 1.165) is 6.07 Å². The first-order valence-electron chi connectivity index (χ1n) is 5.21. The van der Waals surface area contributed by atoms with Crippen molar-refractivity contribution in [2.24, 2.45) is 5.73 Å². The second kappa shape index (κ2) is 7.43. The number of rotatable bonds is 5. The number of primary amides is 1. The number of hydrogen-bond acceptors (Lipinski definition) is 5. The summed E-state index contributed by atoms with van der Waals surface area (Å²) in [6.07, 6.45) is 0. The van der Waals surface area contributed by atoms with Gasteiger partial charge in [0.15, 0.2) is 13.2 Å². The van der Waals surface area contributed by atoms with Crippen molar-refractivity contribution >= 4 is 33.8 Å². The van der Waals surface area contributed by atoms with Crippen molar-refractivity contribution in [3.05, 3.63) is 28.5 Å². The van der Waals surface area contributed by atoms with E-state index in [2.05, 4.69) is 20.7 Å². The molecule has 20 heavy (non-hydrogen) atoms. The molecule has 7 nitrogen and oxygen atoms in total. The van der Waals surface area contributed by atoms with E-state index in [0.29, 0.717) is 4.47 Å². The van der Waals surface area contributed by atoms with Crippen LogP contribution in [0.25, 0.3) is 0 Å². The number of halogens is 2. The van der Waals surface area contributed by atoms with Gasteiger partial charge in [0.1, 0.15) is 11.6 Å². The topological polar surface area (TPSA) is 108 Å². The van der Waals surface area contributed by atoms with Crippen molar-refractivity contribution in [3.8, 4) is 5.75 Å². The van der Waals surface area contributed by atoms with Crippen LogP contribution in [0.1, 0.15) is 0 Å². The molecule has 0 spiro atoms. The van der Waals surface area contributed by atoms with Gasteiger partial charge in [0.25, 0.3) is 5.91 Å². The van der Waals surface area contributed by atoms with Crippen LogP contribution in [0.2, 0.25) is 0 Å². The number of carbonyl (C=O) groups is 3. The van der Waals surface area contributed by atoms with Gasteiger partial charge in [0.2, 0.25) is 0 Å². The van der Waals surface area contributed by atoms with Gasteiger partial charge in [0.05, 0.1) is 4.47 Å². The van der Waals surface area contributed by atoms with E-state index in [9.17, 15) is 18.8 Å². The molecule has 0 saturated carbocycles. The summed E-state index contributed by atoms with van der Waals surface area (Å²) in [5.74, 6) is -1.91. The van der Waals surface area contributed by atoms with Gasteiger partial charge in [-0.15, -0.1) is 0 Å². The fraction of sp³-hybridized carbons (Fsp3) is 0.182. The molecule has 3 N–H and O–H groups in total. The monoisotopic (exact) mass is 348 g/mol. The minimum Gasteiger partial charge on any atom is -0.481 e. The normalized spacial score (nSPS) is 9.70. The Bertz CT molecular complexity index is 538. The lowest BCUT2D eigenvalue weighted by Gasteiger charge is -2.08. The van der Waals surface area contributed by atoms with Crippen molar-refractivity contribution in [2.75, 3.05) is 13.2 Å². The Morgan fingerprint density at radius 1 is 1.30 bits per heavy atom. The summed E-state index contributed by atoms with van der Waals surface area (Å²) >= 11 is 3.05. The van der Waals surface area contributed by atoms with Crippen LogP contribution in [0.15, 0.2) is 22.7 Å². The predicted molar refractivity (Wildman–Crippen MR) is 68.3 cm³/mol. The molecule has 0 atom stereocenters. The highest BCUT2D eigenvalue weighted by Gasteiger charge is 2.11. The number of esters is 1. The first-order valence-corrected chi connectivity index (χ1v) is 6.00. The average Bonchev–Trinajstić information content (AvgIpc) is 2.34. The van der Waals surface area contributed by atoms with E-state index in [1.807, 2.05) is 0 Å². The maximum atomic E-state index is 12.8. The predicted octanol–water partition coefficient (Wildman–Crippen LogP) is 0.705. The summed E-state index contributed by atoms with van der Waals surface area (Å²) in [6.45, 7) is -1.14. The Morgan fingerprint density at radius 2 is 2.00 bits per heavy atom. The fourth-order valence-electron chi connectivity index (χ4n) is 1.09. The third-order valence-electron chi connectivity index (χ3n) is 1.87. The van der Waals surface area contributed by atoms with Crippen molar-refractivity contribution < 1.29 is 28.2 Å². The molecule has 108 valence electrons. The minimum absolute atomic E-state index is 0.241. The minimum atomic E-state index is -1.04. The van der Waals surface area contributed by atoms with Crippen LogP contribution in [0, 0.1) is 5.82 Å². The number of imide groups is 1. The van der Waals surface area contributed by atoms with Crippen LogP contribution >= 0.6 is 15.9 Å². The van der Waals surface area contributed by atoms with Crippen LogP contribution in [-0.4, -0.2) is 31.1 Å². The van der Waals surface area contributed by atoms with E-state index in [1.165, 1.54) is 12.1 Å². The molecular weight excluding hydrogens is 339 g/mol. The quantitative estimate of drug-likeness (QED) is 0.761. The highest BCUT2D eigenvalue weighted by atomic mass is 79.9. The lowest BCUT2D eigenvalue weighted by molar-refractivity contribution is -0.150. The Morgan fingerprint density at radius 3 is 2.60 bits per heavy atom. The zero-order valence-electron chi connectivity index (χ0n) is 10.0. The number of nitrogens with two attached hydrogens (primary N) is 1. The number of hydrogen-bond donors (Lipinski definition) is 2. The lowest BCUT2D eigenvalue weighted by atomic mass is 10.3. The zero-order chi connectivity index (χ0) is 15.1. The van der Waals surface area contributed by atoms with Crippen molar-refractivity contribution in [1.29, 1.82) is 0 Å². The highest BCUT2D eigenvalue weighted by Crippen LogP contribution is 2.25. The molecule has 0 aromatic heterocycles. The number of amides is 3. The SMILES string of the molecule is NC(=O)NC(=O)COC(=O)COc1ccc(F)cc1Br. The summed E-state index contributed by atoms with van der Waals surface area (Å²) in [7, 11) is 0. The Kier molecular flexibility index (Phi) is 5.91. The summed E-state index contributed by atoms with van der Waals surface area (Å²) in [5.41, 5.74) is 4.69. The van der Waals surface area contributed by atoms with E-state index < -0.39 is 36.9 Å². The Hall–Kier alpha value is -2.16. The average molecular weight is 349 g/mol. The first-order chi connectivity index (χ1) is 9.38. The maximum Gasteiger partial charge on any atom is 0.344 e. The molecule has 1 aromatic rings. The smallest absolute Gasteiger partial charge is 0.344 e. The van der Waals surface area contributed by atoms with Crippen molar-refractivity contribution in [1.82, 2.24) is 5.32 Å². The van der Waals surface area contributed by atoms with Gasteiger partial charge in [-0.2, -0.15) is 0 Å². The van der Waals surface area contributed by atoms with Gasteiger partial charge >= 0.3 is 12.0 Å². The summed E-state index contributed by atoms with van der Waals surface area (Å²) in [6, 6.07) is 2.61. The second-order valence-electron chi connectivity index (χ2n) is 3.44. The highest BCUT2D eigenvalue weighted by molar-refractivity contribution is 9.10. The Labute approximate surface area is 121 Å². The molecule has 0 bridgehead atoms. The van der Waals surface area contributed by atoms with Crippen LogP contribution in [0.5, 0.6) is 5.75 Å². The van der Waals surface area contributed by atoms with Gasteiger partial charge in [0, 0.05) is 0 Å². The van der Waals surface area contributed by atoms with E-state index in [1.54, 1.807) is 5.32 Å². The molecule has 1 aromatic carbocycles. The molecule has 0 aliphatic heterocycles. The number of carbonyl (C=O) groups excluding carboxylic acids is 3. The molecule has 0 unspecified atom stereocenters. The number of ether oxygens (including phenoxy) is 2. The third-order valence-corrected chi connectivity index (χ3v) is 2.49. The van der Waals surface area contributed by atoms with Gasteiger partial charge in [-0.25, -0.2) is 14.0 Å². The van der Waals surface area contributed by atoms with E-state index >= 15 is 0 Å². The van der Waals surface area contributed by atoms with Gasteiger partial charge in [-0.05, 0) is 34.1 Å². The standard InChI is InChI=1S/C11H10BrFN2O5/c12-7-3-6(13)1-2-8(7)19-5-10(17)20-4-9(16)15-11(14)18/h1-3H,4-5H2,(H3,14,15,16,18). The number of benzene rings is 1. The summed E-state index contributed by atoms with van der Waals surface area (Å²) in [4.78, 5) is 32.5. The van der Waals surface area contributed by atoms with Gasteiger partial charge < -0.3 is 15.2 Å². The second-order valence-corrected chi connectivity index (χ2v) is 4.29. The zero-order valence-corrected chi connectivity index (χ0v) is 11.6. The van der Waals surface area contributed by atoms with Crippen LogP contribution in [0.3, 0.4) is 0 Å². The molecule has 0 radical (unpaired) electrons. The molecule has 9 heteroatoms. The van der Waals surface area contributed by atoms with Crippen molar-refractivity contribution in [3.63, 3.8) is 0 Å². The van der Waals surface area contributed by atoms with Crippen LogP contribution in [-0.2, 0) is 14.3 Å². The number of urea groups is 1. The number of nitrogens with one attached hydrogen (secondary N) is 1. The Balaban J connectivity index is 2.36. The maximum absolute atomic E-state index is 12.8. The van der Waals surface area contributed by atoms with Crippen molar-refractivity contribution in [2.45, 2.75) is 0 Å². The van der Waals surface area contributed by atoms with Gasteiger partial charge in [-0.3, -0.25) is 10.1 Å². The molecule has 0 saturated heterocycles. The molecule has 0 aliphatic rings. The molecule has 3 amide bonds. The lowest BCUT2D eigenvalue weighted by Crippen LogP contribution is -2.38. The molecule has 0 heterocycles. The fourth-order valence-corrected chi connectivity index (χ4v) is 1.56. The summed E-state index contributed by atoms with van der Waals surface area (Å²) < 4.78 is 22.7. The van der Waals surface area contributed by atoms with Crippen LogP contribution in [0.4, 0.5) is 9.18 Å². The van der Waals surface area contributed by atoms with E-state index in [-0.39, 0.29) is 5.75 Å². The van der Waals surface area contributed by atoms with Crippen LogP contribution < -0.4 is 15.8 Å². The van der Waals surface area contributed by atoms with Gasteiger partial charge in [-0.1, -0.05) is 0 Å². The largest absolute Gasteiger partial charge is 0.481 e. The molecule has 1 rings (SSSR count). The summed E-state index contributed by atoms with van der Waals surface area (Å²) in [5, 5.41) is 1.72. The first kappa shape index (κ1) is 15.9. The third kappa shape index (κ3) is 5.65. The molecule has 0 aliphatic carbocycles. The molecule has 0 fully saturated rings. The molecular formula is C11H10BrFN2O5.